The molecule has 1 heterocycles. The van der Waals surface area contributed by atoms with Gasteiger partial charge in [0, 0.05) is 31.9 Å². The highest BCUT2D eigenvalue weighted by Gasteiger charge is 2.29. The third-order valence-electron chi connectivity index (χ3n) is 5.12. The summed E-state index contributed by atoms with van der Waals surface area (Å²) in [4.78, 5) is 13.7. The monoisotopic (exact) mass is 399 g/mol. The van der Waals surface area contributed by atoms with E-state index in [9.17, 15) is 15.0 Å². The molecule has 0 spiro atoms. The number of rotatable bonds is 8. The third-order valence-corrected chi connectivity index (χ3v) is 5.12. The molecule has 2 aromatic rings. The number of nitrogens with one attached hydrogen (secondary N) is 2. The zero-order valence-corrected chi connectivity index (χ0v) is 17.2. The summed E-state index contributed by atoms with van der Waals surface area (Å²) in [5, 5.41) is 25.6. The van der Waals surface area contributed by atoms with Crippen LogP contribution in [0.2, 0.25) is 0 Å². The summed E-state index contributed by atoms with van der Waals surface area (Å²) in [5.74, 6) is 0.206. The predicted octanol–water partition coefficient (Wildman–Crippen LogP) is 1.91. The molecule has 0 fully saturated rings. The van der Waals surface area contributed by atoms with Crippen LogP contribution >= 0.6 is 0 Å². The summed E-state index contributed by atoms with van der Waals surface area (Å²) in [6.07, 6.45) is 1.34. The van der Waals surface area contributed by atoms with Gasteiger partial charge < -0.3 is 30.5 Å². The number of hydrogen-bond donors (Lipinski definition) is 4. The van der Waals surface area contributed by atoms with Crippen LogP contribution in [-0.2, 0) is 17.6 Å². The lowest BCUT2D eigenvalue weighted by Crippen LogP contribution is -2.47. The summed E-state index contributed by atoms with van der Waals surface area (Å²) in [7, 11) is 4.02. The van der Waals surface area contributed by atoms with Crippen molar-refractivity contribution in [2.75, 3.05) is 44.1 Å². The van der Waals surface area contributed by atoms with Crippen molar-refractivity contribution in [3.05, 3.63) is 47.5 Å². The number of hydrogen-bond acceptors (Lipinski definition) is 6. The summed E-state index contributed by atoms with van der Waals surface area (Å²) < 4.78 is 5.64. The predicted molar refractivity (Wildman–Crippen MR) is 114 cm³/mol. The van der Waals surface area contributed by atoms with Gasteiger partial charge in [-0.05, 0) is 49.1 Å². The smallest absolute Gasteiger partial charge is 0.262 e. The number of phenols is 1. The molecule has 7 heteroatoms. The highest BCUT2D eigenvalue weighted by Crippen LogP contribution is 2.40. The number of fused-ring (bicyclic) bond motifs is 1. The number of nitrogens with zero attached hydrogens (tertiary/aromatic N) is 1. The molecule has 0 saturated heterocycles. The van der Waals surface area contributed by atoms with Crippen LogP contribution in [0.3, 0.4) is 0 Å². The minimum atomic E-state index is -0.363. The molecule has 2 aromatic carbocycles. The first-order valence-electron chi connectivity index (χ1n) is 9.71. The van der Waals surface area contributed by atoms with Crippen LogP contribution in [0, 0.1) is 0 Å². The van der Waals surface area contributed by atoms with E-state index in [0.717, 1.165) is 17.7 Å². The molecule has 1 unspecified atom stereocenters. The van der Waals surface area contributed by atoms with Crippen molar-refractivity contribution in [1.82, 2.24) is 5.32 Å². The minimum absolute atomic E-state index is 0.0129. The molecule has 1 aliphatic rings. The van der Waals surface area contributed by atoms with Gasteiger partial charge in [0.2, 0.25) is 0 Å². The van der Waals surface area contributed by atoms with Gasteiger partial charge in [-0.2, -0.15) is 0 Å². The topological polar surface area (TPSA) is 94.1 Å². The van der Waals surface area contributed by atoms with Gasteiger partial charge in [0.05, 0.1) is 6.61 Å². The molecular weight excluding hydrogens is 370 g/mol. The molecule has 0 saturated carbocycles. The number of amides is 1. The molecule has 0 radical (unpaired) electrons. The van der Waals surface area contributed by atoms with Gasteiger partial charge in [-0.15, -0.1) is 0 Å². The number of aliphatic hydroxyl groups is 1. The van der Waals surface area contributed by atoms with Gasteiger partial charge in [0.1, 0.15) is 11.4 Å². The Morgan fingerprint density at radius 2 is 1.90 bits per heavy atom. The van der Waals surface area contributed by atoms with Gasteiger partial charge in [0.15, 0.2) is 12.4 Å². The number of β-amino-alcohol motifs (C(OH)–C–C–N with tert-alkyl or cyclic N) is 1. The minimum Gasteiger partial charge on any atom is -0.506 e. The number of ether oxygens (including phenoxy) is 1. The Morgan fingerprint density at radius 1 is 1.17 bits per heavy atom. The fourth-order valence-electron chi connectivity index (χ4n) is 3.68. The number of aliphatic hydroxyl groups excluding tert-OH is 1. The van der Waals surface area contributed by atoms with E-state index in [1.165, 1.54) is 5.56 Å². The van der Waals surface area contributed by atoms with Crippen LogP contribution in [0.25, 0.3) is 0 Å². The molecule has 4 N–H and O–H groups in total. The highest BCUT2D eigenvalue weighted by atomic mass is 16.5. The maximum atomic E-state index is 11.6. The van der Waals surface area contributed by atoms with Crippen LogP contribution in [0.1, 0.15) is 18.1 Å². The second kappa shape index (κ2) is 8.71. The number of carbonyl (C=O) groups excluding carboxylic acids is 1. The van der Waals surface area contributed by atoms with Crippen LogP contribution in [-0.4, -0.2) is 55.5 Å². The van der Waals surface area contributed by atoms with E-state index in [0.29, 0.717) is 24.4 Å². The number of phenolic OH excluding ortho intramolecular Hbond substituents is 1. The highest BCUT2D eigenvalue weighted by molar-refractivity contribution is 5.97. The summed E-state index contributed by atoms with van der Waals surface area (Å²) >= 11 is 0. The van der Waals surface area contributed by atoms with Crippen molar-refractivity contribution in [3.8, 4) is 11.5 Å². The normalized spacial score (nSPS) is 15.1. The number of anilines is 2. The molecular formula is C22H29N3O4. The van der Waals surface area contributed by atoms with Gasteiger partial charge in [-0.1, -0.05) is 18.2 Å². The summed E-state index contributed by atoms with van der Waals surface area (Å²) in [6.45, 7) is 2.53. The Labute approximate surface area is 171 Å². The quantitative estimate of drug-likeness (QED) is 0.507. The molecule has 1 atom stereocenters. The van der Waals surface area contributed by atoms with Crippen LogP contribution in [0.4, 0.5) is 11.4 Å². The van der Waals surface area contributed by atoms with Gasteiger partial charge >= 0.3 is 0 Å². The largest absolute Gasteiger partial charge is 0.506 e. The van der Waals surface area contributed by atoms with E-state index in [2.05, 4.69) is 46.7 Å². The Kier molecular flexibility index (Phi) is 6.30. The summed E-state index contributed by atoms with van der Waals surface area (Å²) in [6, 6.07) is 11.8. The maximum Gasteiger partial charge on any atom is 0.262 e. The zero-order chi connectivity index (χ0) is 21.0. The SMILES string of the molecule is CN(C)c1ccc(CC(C)(Cc2ccc(O)c3c2OCC(=O)N3)NCCO)cc1. The molecule has 0 bridgehead atoms. The summed E-state index contributed by atoms with van der Waals surface area (Å²) in [5.41, 5.74) is 3.15. The van der Waals surface area contributed by atoms with E-state index in [-0.39, 0.29) is 30.4 Å². The molecule has 7 nitrogen and oxygen atoms in total. The number of carbonyl (C=O) groups is 1. The molecule has 3 rings (SSSR count). The lowest BCUT2D eigenvalue weighted by molar-refractivity contribution is -0.118. The molecule has 0 aromatic heterocycles. The average Bonchev–Trinajstić information content (AvgIpc) is 2.69. The Bertz CT molecular complexity index is 867. The number of benzene rings is 2. The van der Waals surface area contributed by atoms with Crippen molar-refractivity contribution in [2.45, 2.75) is 25.3 Å². The van der Waals surface area contributed by atoms with E-state index in [1.807, 2.05) is 20.2 Å². The first kappa shape index (κ1) is 21.0. The van der Waals surface area contributed by atoms with Gasteiger partial charge in [0.25, 0.3) is 5.91 Å². The fourth-order valence-corrected chi connectivity index (χ4v) is 3.68. The Morgan fingerprint density at radius 3 is 2.55 bits per heavy atom. The molecule has 1 aliphatic heterocycles. The Balaban J connectivity index is 1.87. The number of aromatic hydroxyl groups is 1. The van der Waals surface area contributed by atoms with Crippen molar-refractivity contribution >= 4 is 17.3 Å². The van der Waals surface area contributed by atoms with E-state index >= 15 is 0 Å². The van der Waals surface area contributed by atoms with Crippen LogP contribution in [0.15, 0.2) is 36.4 Å². The average molecular weight is 399 g/mol. The van der Waals surface area contributed by atoms with Gasteiger partial charge in [-0.25, -0.2) is 0 Å². The molecule has 0 aliphatic carbocycles. The van der Waals surface area contributed by atoms with Crippen molar-refractivity contribution in [2.24, 2.45) is 0 Å². The second-order valence-corrected chi connectivity index (χ2v) is 7.91. The standard InChI is InChI=1S/C22H29N3O4/c1-22(23-10-11-26,12-15-4-7-17(8-5-15)25(2)3)13-16-6-9-18(27)20-21(16)29-14-19(28)24-20/h4-9,23,26-27H,10-14H2,1-3H3,(H,24,28). The van der Waals surface area contributed by atoms with Gasteiger partial charge in [-0.3, -0.25) is 4.79 Å². The zero-order valence-electron chi connectivity index (χ0n) is 17.2. The lowest BCUT2D eigenvalue weighted by Gasteiger charge is -2.33. The first-order chi connectivity index (χ1) is 13.8. The first-order valence-corrected chi connectivity index (χ1v) is 9.71. The third kappa shape index (κ3) is 4.99. The van der Waals surface area contributed by atoms with Crippen LogP contribution < -0.4 is 20.3 Å². The molecule has 156 valence electrons. The van der Waals surface area contributed by atoms with Crippen molar-refractivity contribution in [3.63, 3.8) is 0 Å². The lowest BCUT2D eigenvalue weighted by atomic mass is 9.85. The van der Waals surface area contributed by atoms with E-state index < -0.39 is 0 Å². The van der Waals surface area contributed by atoms with E-state index in [4.69, 9.17) is 4.74 Å². The van der Waals surface area contributed by atoms with Crippen LogP contribution in [0.5, 0.6) is 11.5 Å². The fraction of sp³-hybridized carbons (Fsp3) is 0.409. The van der Waals surface area contributed by atoms with Crippen molar-refractivity contribution in [1.29, 1.82) is 0 Å². The van der Waals surface area contributed by atoms with Crippen molar-refractivity contribution < 1.29 is 19.7 Å². The maximum absolute atomic E-state index is 11.6. The molecule has 29 heavy (non-hydrogen) atoms. The molecule has 1 amide bonds. The second-order valence-electron chi connectivity index (χ2n) is 7.91. The van der Waals surface area contributed by atoms with E-state index in [1.54, 1.807) is 6.07 Å². The Hall–Kier alpha value is -2.77.